The van der Waals surface area contributed by atoms with E-state index in [-0.39, 0.29) is 5.54 Å². The van der Waals surface area contributed by atoms with Gasteiger partial charge in [-0.15, -0.1) is 0 Å². The molecule has 0 saturated heterocycles. The normalized spacial score (nSPS) is 33.1. The summed E-state index contributed by atoms with van der Waals surface area (Å²) in [4.78, 5) is 0. The van der Waals surface area contributed by atoms with E-state index in [0.29, 0.717) is 5.41 Å². The van der Waals surface area contributed by atoms with Crippen molar-refractivity contribution in [1.82, 2.24) is 5.32 Å². The van der Waals surface area contributed by atoms with Crippen molar-refractivity contribution in [2.24, 2.45) is 17.3 Å². The molecule has 0 spiro atoms. The summed E-state index contributed by atoms with van der Waals surface area (Å²) in [7, 11) is 0. The fourth-order valence-electron chi connectivity index (χ4n) is 3.17. The highest BCUT2D eigenvalue weighted by Crippen LogP contribution is 2.43. The van der Waals surface area contributed by atoms with Crippen LogP contribution in [0.25, 0.3) is 0 Å². The quantitative estimate of drug-likeness (QED) is 0.801. The summed E-state index contributed by atoms with van der Waals surface area (Å²) in [5.74, 6) is 1.66. The van der Waals surface area contributed by atoms with Crippen LogP contribution in [0.15, 0.2) is 0 Å². The van der Waals surface area contributed by atoms with Gasteiger partial charge in [0.05, 0.1) is 6.07 Å². The van der Waals surface area contributed by atoms with Gasteiger partial charge in [-0.3, -0.25) is 5.32 Å². The molecule has 1 N–H and O–H groups in total. The first-order valence-electron chi connectivity index (χ1n) is 7.67. The summed E-state index contributed by atoms with van der Waals surface area (Å²) in [6.07, 6.45) is 8.49. The van der Waals surface area contributed by atoms with Crippen LogP contribution in [0.1, 0.15) is 65.7 Å². The molecule has 2 saturated carbocycles. The molecule has 0 amide bonds. The fourth-order valence-corrected chi connectivity index (χ4v) is 3.17. The summed E-state index contributed by atoms with van der Waals surface area (Å²) in [6.45, 7) is 8.12. The molecule has 0 unspecified atom stereocenters. The van der Waals surface area contributed by atoms with E-state index in [9.17, 15) is 5.26 Å². The summed E-state index contributed by atoms with van der Waals surface area (Å²) in [5, 5.41) is 13.1. The van der Waals surface area contributed by atoms with Crippen LogP contribution in [0.5, 0.6) is 0 Å². The summed E-state index contributed by atoms with van der Waals surface area (Å²) in [6, 6.07) is 2.58. The fraction of sp³-hybridized carbons (Fsp3) is 0.938. The summed E-state index contributed by atoms with van der Waals surface area (Å²) in [5.41, 5.74) is 0.237. The van der Waals surface area contributed by atoms with Crippen molar-refractivity contribution in [2.45, 2.75) is 71.3 Å². The molecule has 2 rings (SSSR count). The van der Waals surface area contributed by atoms with E-state index in [0.717, 1.165) is 31.2 Å². The van der Waals surface area contributed by atoms with Crippen molar-refractivity contribution in [3.05, 3.63) is 0 Å². The molecule has 102 valence electrons. The van der Waals surface area contributed by atoms with Crippen LogP contribution >= 0.6 is 0 Å². The van der Waals surface area contributed by atoms with E-state index >= 15 is 0 Å². The monoisotopic (exact) mass is 248 g/mol. The van der Waals surface area contributed by atoms with Crippen LogP contribution in [0.3, 0.4) is 0 Å². The second-order valence-corrected chi connectivity index (χ2v) is 7.13. The van der Waals surface area contributed by atoms with Crippen LogP contribution in [-0.4, -0.2) is 12.1 Å². The second-order valence-electron chi connectivity index (χ2n) is 7.13. The Labute approximate surface area is 112 Å². The van der Waals surface area contributed by atoms with Gasteiger partial charge in [0.2, 0.25) is 0 Å². The molecule has 0 aromatic carbocycles. The van der Waals surface area contributed by atoms with Gasteiger partial charge < -0.3 is 0 Å². The Morgan fingerprint density at radius 1 is 1.22 bits per heavy atom. The lowest BCUT2D eigenvalue weighted by Gasteiger charge is -2.42. The maximum Gasteiger partial charge on any atom is 0.106 e. The molecule has 0 bridgehead atoms. The van der Waals surface area contributed by atoms with Crippen molar-refractivity contribution >= 4 is 0 Å². The second kappa shape index (κ2) is 5.21. The number of rotatable bonds is 5. The molecule has 2 fully saturated rings. The third-order valence-electron chi connectivity index (χ3n) is 5.50. The van der Waals surface area contributed by atoms with Crippen molar-refractivity contribution in [3.63, 3.8) is 0 Å². The molecule has 2 aliphatic carbocycles. The van der Waals surface area contributed by atoms with Crippen LogP contribution in [0, 0.1) is 28.6 Å². The van der Waals surface area contributed by atoms with E-state index in [1.165, 1.54) is 32.1 Å². The molecule has 18 heavy (non-hydrogen) atoms. The average molecular weight is 248 g/mol. The van der Waals surface area contributed by atoms with Crippen LogP contribution in [-0.2, 0) is 0 Å². The molecule has 0 atom stereocenters. The SMILES string of the molecule is CCC(C)(C)C1CCC(C#N)(NCC2CC2)CC1. The van der Waals surface area contributed by atoms with Crippen molar-refractivity contribution in [2.75, 3.05) is 6.54 Å². The molecule has 0 aliphatic heterocycles. The van der Waals surface area contributed by atoms with Crippen molar-refractivity contribution in [3.8, 4) is 6.07 Å². The Kier molecular flexibility index (Phi) is 4.02. The van der Waals surface area contributed by atoms with Crippen molar-refractivity contribution < 1.29 is 0 Å². The maximum absolute atomic E-state index is 9.51. The number of hydrogen-bond acceptors (Lipinski definition) is 2. The molecule has 2 nitrogen and oxygen atoms in total. The zero-order chi connectivity index (χ0) is 13.2. The van der Waals surface area contributed by atoms with Crippen LogP contribution < -0.4 is 5.32 Å². The molecule has 0 radical (unpaired) electrons. The Balaban J connectivity index is 1.88. The van der Waals surface area contributed by atoms with E-state index in [4.69, 9.17) is 0 Å². The molecule has 2 aliphatic rings. The Morgan fingerprint density at radius 2 is 1.83 bits per heavy atom. The summed E-state index contributed by atoms with van der Waals surface area (Å²) >= 11 is 0. The topological polar surface area (TPSA) is 35.8 Å². The minimum absolute atomic E-state index is 0.205. The lowest BCUT2D eigenvalue weighted by molar-refractivity contribution is 0.119. The van der Waals surface area contributed by atoms with Gasteiger partial charge in [-0.05, 0) is 62.3 Å². The lowest BCUT2D eigenvalue weighted by Crippen LogP contribution is -2.48. The predicted molar refractivity (Wildman–Crippen MR) is 75.1 cm³/mol. The van der Waals surface area contributed by atoms with Gasteiger partial charge in [-0.1, -0.05) is 27.2 Å². The van der Waals surface area contributed by atoms with E-state index in [1.54, 1.807) is 0 Å². The van der Waals surface area contributed by atoms with E-state index in [2.05, 4.69) is 32.2 Å². The van der Waals surface area contributed by atoms with Gasteiger partial charge in [0.1, 0.15) is 5.54 Å². The number of nitrogens with one attached hydrogen (secondary N) is 1. The Bertz CT molecular complexity index is 314. The number of nitriles is 1. The van der Waals surface area contributed by atoms with Crippen molar-refractivity contribution in [1.29, 1.82) is 5.26 Å². The van der Waals surface area contributed by atoms with Gasteiger partial charge >= 0.3 is 0 Å². The smallest absolute Gasteiger partial charge is 0.106 e. The molecule has 0 aromatic rings. The largest absolute Gasteiger partial charge is 0.299 e. The van der Waals surface area contributed by atoms with Gasteiger partial charge in [-0.2, -0.15) is 5.26 Å². The Hall–Kier alpha value is -0.550. The van der Waals surface area contributed by atoms with Gasteiger partial charge in [0.15, 0.2) is 0 Å². The minimum atomic E-state index is -0.205. The highest BCUT2D eigenvalue weighted by atomic mass is 15.0. The first kappa shape index (κ1) is 13.9. The highest BCUT2D eigenvalue weighted by Gasteiger charge is 2.40. The number of hydrogen-bond donors (Lipinski definition) is 1. The maximum atomic E-state index is 9.51. The average Bonchev–Trinajstić information content (AvgIpc) is 3.21. The minimum Gasteiger partial charge on any atom is -0.299 e. The lowest BCUT2D eigenvalue weighted by atomic mass is 9.66. The molecule has 0 heterocycles. The third-order valence-corrected chi connectivity index (χ3v) is 5.50. The Morgan fingerprint density at radius 3 is 2.28 bits per heavy atom. The molecular weight excluding hydrogens is 220 g/mol. The van der Waals surface area contributed by atoms with E-state index < -0.39 is 0 Å². The zero-order valence-electron chi connectivity index (χ0n) is 12.3. The van der Waals surface area contributed by atoms with Gasteiger partial charge in [0, 0.05) is 0 Å². The number of nitrogens with zero attached hydrogens (tertiary/aromatic N) is 1. The van der Waals surface area contributed by atoms with E-state index in [1.807, 2.05) is 0 Å². The molecule has 0 aromatic heterocycles. The standard InChI is InChI=1S/C16H28N2/c1-4-15(2,3)14-7-9-16(12-17,10-8-14)18-11-13-5-6-13/h13-14,18H,4-11H2,1-3H3. The molecular formula is C16H28N2. The first-order chi connectivity index (χ1) is 8.51. The van der Waals surface area contributed by atoms with Crippen LogP contribution in [0.4, 0.5) is 0 Å². The molecule has 2 heteroatoms. The third kappa shape index (κ3) is 3.06. The predicted octanol–water partition coefficient (Wildman–Crippen LogP) is 3.87. The zero-order valence-corrected chi connectivity index (χ0v) is 12.3. The van der Waals surface area contributed by atoms with Gasteiger partial charge in [0.25, 0.3) is 0 Å². The van der Waals surface area contributed by atoms with Gasteiger partial charge in [-0.25, -0.2) is 0 Å². The summed E-state index contributed by atoms with van der Waals surface area (Å²) < 4.78 is 0. The first-order valence-corrected chi connectivity index (χ1v) is 7.67. The van der Waals surface area contributed by atoms with Crippen LogP contribution in [0.2, 0.25) is 0 Å². The highest BCUT2D eigenvalue weighted by molar-refractivity contribution is 5.10.